The lowest BCUT2D eigenvalue weighted by Crippen LogP contribution is -2.32. The number of hydrogen-bond acceptors (Lipinski definition) is 3. The molecular formula is C25H21FN2O2. The molecule has 1 aliphatic heterocycles. The van der Waals surface area contributed by atoms with Crippen molar-refractivity contribution in [2.75, 3.05) is 10.2 Å². The zero-order chi connectivity index (χ0) is 21.4. The van der Waals surface area contributed by atoms with Crippen LogP contribution >= 0.6 is 0 Å². The van der Waals surface area contributed by atoms with Gasteiger partial charge in [-0.15, -0.1) is 0 Å². The highest BCUT2D eigenvalue weighted by Crippen LogP contribution is 2.34. The third kappa shape index (κ3) is 3.50. The van der Waals surface area contributed by atoms with Crippen molar-refractivity contribution in [2.45, 2.75) is 20.8 Å². The molecule has 0 saturated heterocycles. The zero-order valence-corrected chi connectivity index (χ0v) is 17.0. The predicted molar refractivity (Wildman–Crippen MR) is 117 cm³/mol. The molecule has 3 aromatic carbocycles. The van der Waals surface area contributed by atoms with Crippen LogP contribution in [0.25, 0.3) is 5.57 Å². The number of anilines is 2. The number of carbonyl (C=O) groups is 2. The first-order valence-electron chi connectivity index (χ1n) is 9.65. The van der Waals surface area contributed by atoms with Crippen LogP contribution in [0.5, 0.6) is 0 Å². The quantitative estimate of drug-likeness (QED) is 0.617. The van der Waals surface area contributed by atoms with Gasteiger partial charge in [0.25, 0.3) is 11.8 Å². The van der Waals surface area contributed by atoms with Crippen molar-refractivity contribution in [3.63, 3.8) is 0 Å². The summed E-state index contributed by atoms with van der Waals surface area (Å²) in [5, 5.41) is 3.15. The fraction of sp³-hybridized carbons (Fsp3) is 0.120. The molecule has 4 rings (SSSR count). The minimum absolute atomic E-state index is 0.207. The van der Waals surface area contributed by atoms with Gasteiger partial charge in [-0.1, -0.05) is 30.3 Å². The Morgan fingerprint density at radius 1 is 0.800 bits per heavy atom. The number of nitrogens with zero attached hydrogens (tertiary/aromatic N) is 1. The van der Waals surface area contributed by atoms with Gasteiger partial charge < -0.3 is 5.32 Å². The van der Waals surface area contributed by atoms with Crippen LogP contribution in [-0.2, 0) is 9.59 Å². The molecule has 1 aliphatic rings. The van der Waals surface area contributed by atoms with E-state index in [1.165, 1.54) is 24.3 Å². The summed E-state index contributed by atoms with van der Waals surface area (Å²) in [6.45, 7) is 5.91. The normalized spacial score (nSPS) is 13.9. The van der Waals surface area contributed by atoms with E-state index in [2.05, 4.69) is 5.32 Å². The molecule has 1 heterocycles. The Morgan fingerprint density at radius 3 is 2.20 bits per heavy atom. The van der Waals surface area contributed by atoms with Gasteiger partial charge in [0.1, 0.15) is 11.5 Å². The van der Waals surface area contributed by atoms with Crippen LogP contribution in [-0.4, -0.2) is 11.8 Å². The molecule has 1 N–H and O–H groups in total. The summed E-state index contributed by atoms with van der Waals surface area (Å²) < 4.78 is 13.4. The van der Waals surface area contributed by atoms with E-state index in [1.54, 1.807) is 0 Å². The van der Waals surface area contributed by atoms with Gasteiger partial charge in [-0.05, 0) is 79.4 Å². The smallest absolute Gasteiger partial charge is 0.282 e. The number of rotatable bonds is 4. The molecule has 0 aromatic heterocycles. The summed E-state index contributed by atoms with van der Waals surface area (Å²) in [6.07, 6.45) is 0. The molecule has 3 aromatic rings. The SMILES string of the molecule is Cc1cccc(NC2=C(c3ccc(C)c(C)c3)C(=O)N(c3ccc(F)cc3)C2=O)c1. The van der Waals surface area contributed by atoms with Crippen molar-refractivity contribution in [1.29, 1.82) is 0 Å². The van der Waals surface area contributed by atoms with Crippen LogP contribution in [0.15, 0.2) is 72.4 Å². The summed E-state index contributed by atoms with van der Waals surface area (Å²) in [5.74, 6) is -1.34. The van der Waals surface area contributed by atoms with Gasteiger partial charge in [-0.25, -0.2) is 9.29 Å². The molecule has 0 fully saturated rings. The highest BCUT2D eigenvalue weighted by molar-refractivity contribution is 6.46. The van der Waals surface area contributed by atoms with Crippen LogP contribution < -0.4 is 10.2 Å². The first kappa shape index (κ1) is 19.6. The molecule has 0 unspecified atom stereocenters. The van der Waals surface area contributed by atoms with Crippen molar-refractivity contribution in [3.05, 3.63) is 100 Å². The van der Waals surface area contributed by atoms with Crippen molar-refractivity contribution >= 4 is 28.8 Å². The summed E-state index contributed by atoms with van der Waals surface area (Å²) in [5.41, 5.74) is 5.36. The number of imide groups is 1. The Morgan fingerprint density at radius 2 is 1.53 bits per heavy atom. The standard InChI is InChI=1S/C25H21FN2O2/c1-15-5-4-6-20(13-15)27-23-22(18-8-7-16(2)17(3)14-18)24(29)28(25(23)30)21-11-9-19(26)10-12-21/h4-14,27H,1-3H3. The third-order valence-electron chi connectivity index (χ3n) is 5.25. The molecule has 150 valence electrons. The first-order chi connectivity index (χ1) is 14.3. The average Bonchev–Trinajstić information content (AvgIpc) is 2.95. The maximum Gasteiger partial charge on any atom is 0.282 e. The number of benzene rings is 3. The van der Waals surface area contributed by atoms with Gasteiger partial charge in [0.2, 0.25) is 0 Å². The predicted octanol–water partition coefficient (Wildman–Crippen LogP) is 5.15. The monoisotopic (exact) mass is 400 g/mol. The van der Waals surface area contributed by atoms with E-state index in [-0.39, 0.29) is 5.70 Å². The van der Waals surface area contributed by atoms with Crippen molar-refractivity contribution in [1.82, 2.24) is 0 Å². The third-order valence-corrected chi connectivity index (χ3v) is 5.25. The molecule has 0 spiro atoms. The molecule has 0 saturated carbocycles. The minimum Gasteiger partial charge on any atom is -0.350 e. The van der Waals surface area contributed by atoms with Gasteiger partial charge in [0.05, 0.1) is 11.3 Å². The maximum absolute atomic E-state index is 13.4. The summed E-state index contributed by atoms with van der Waals surface area (Å²) in [6, 6.07) is 18.6. The number of hydrogen-bond donors (Lipinski definition) is 1. The fourth-order valence-corrected chi connectivity index (χ4v) is 3.50. The Balaban J connectivity index is 1.84. The minimum atomic E-state index is -0.471. The van der Waals surface area contributed by atoms with E-state index in [0.29, 0.717) is 22.5 Å². The van der Waals surface area contributed by atoms with Gasteiger partial charge in [-0.2, -0.15) is 0 Å². The lowest BCUT2D eigenvalue weighted by Gasteiger charge is -2.15. The Hall–Kier alpha value is -3.73. The van der Waals surface area contributed by atoms with Crippen LogP contribution in [0.3, 0.4) is 0 Å². The lowest BCUT2D eigenvalue weighted by molar-refractivity contribution is -0.120. The van der Waals surface area contributed by atoms with Crippen molar-refractivity contribution in [3.8, 4) is 0 Å². The Kier molecular flexibility index (Phi) is 4.96. The van der Waals surface area contributed by atoms with Crippen molar-refractivity contribution in [2.24, 2.45) is 0 Å². The molecule has 0 aliphatic carbocycles. The summed E-state index contributed by atoms with van der Waals surface area (Å²) in [4.78, 5) is 27.8. The maximum atomic E-state index is 13.4. The van der Waals surface area contributed by atoms with Crippen LogP contribution in [0.1, 0.15) is 22.3 Å². The number of halogens is 1. The average molecular weight is 400 g/mol. The number of nitrogens with one attached hydrogen (secondary N) is 1. The van der Waals surface area contributed by atoms with Gasteiger partial charge in [0.15, 0.2) is 0 Å². The molecular weight excluding hydrogens is 379 g/mol. The highest BCUT2D eigenvalue weighted by Gasteiger charge is 2.40. The van der Waals surface area contributed by atoms with Crippen LogP contribution in [0.2, 0.25) is 0 Å². The van der Waals surface area contributed by atoms with E-state index >= 15 is 0 Å². The molecule has 2 amide bonds. The van der Waals surface area contributed by atoms with Gasteiger partial charge >= 0.3 is 0 Å². The number of carbonyl (C=O) groups excluding carboxylic acids is 2. The molecule has 5 heteroatoms. The second kappa shape index (κ2) is 7.59. The topological polar surface area (TPSA) is 49.4 Å². The van der Waals surface area contributed by atoms with E-state index in [1.807, 2.05) is 63.2 Å². The number of aryl methyl sites for hydroxylation is 3. The van der Waals surface area contributed by atoms with Gasteiger partial charge in [0, 0.05) is 5.69 Å². The summed E-state index contributed by atoms with van der Waals surface area (Å²) >= 11 is 0. The van der Waals surface area contributed by atoms with E-state index < -0.39 is 17.6 Å². The second-order valence-corrected chi connectivity index (χ2v) is 7.47. The fourth-order valence-electron chi connectivity index (χ4n) is 3.50. The van der Waals surface area contributed by atoms with Gasteiger partial charge in [-0.3, -0.25) is 9.59 Å². The first-order valence-corrected chi connectivity index (χ1v) is 9.65. The van der Waals surface area contributed by atoms with E-state index in [0.717, 1.165) is 21.6 Å². The van der Waals surface area contributed by atoms with E-state index in [4.69, 9.17) is 0 Å². The second-order valence-electron chi connectivity index (χ2n) is 7.47. The highest BCUT2D eigenvalue weighted by atomic mass is 19.1. The number of amides is 2. The molecule has 30 heavy (non-hydrogen) atoms. The Labute approximate surface area is 174 Å². The Bertz CT molecular complexity index is 1200. The molecule has 0 atom stereocenters. The molecule has 0 bridgehead atoms. The summed E-state index contributed by atoms with van der Waals surface area (Å²) in [7, 11) is 0. The van der Waals surface area contributed by atoms with Crippen molar-refractivity contribution < 1.29 is 14.0 Å². The zero-order valence-electron chi connectivity index (χ0n) is 17.0. The lowest BCUT2D eigenvalue weighted by atomic mass is 9.99. The van der Waals surface area contributed by atoms with E-state index in [9.17, 15) is 14.0 Å². The van der Waals surface area contributed by atoms with Crippen LogP contribution in [0.4, 0.5) is 15.8 Å². The van der Waals surface area contributed by atoms with Crippen LogP contribution in [0, 0.1) is 26.6 Å². The molecule has 0 radical (unpaired) electrons. The molecule has 4 nitrogen and oxygen atoms in total. The largest absolute Gasteiger partial charge is 0.350 e.